The fraction of sp³-hybridized carbons (Fsp3) is 0.833. The van der Waals surface area contributed by atoms with E-state index in [1.54, 1.807) is 4.31 Å². The fourth-order valence-corrected chi connectivity index (χ4v) is 4.76. The molecule has 0 aromatic carbocycles. The van der Waals surface area contributed by atoms with Gasteiger partial charge in [-0.25, -0.2) is 8.42 Å². The van der Waals surface area contributed by atoms with E-state index in [0.717, 1.165) is 12.8 Å². The summed E-state index contributed by atoms with van der Waals surface area (Å²) in [6.07, 6.45) is 3.67. The van der Waals surface area contributed by atoms with E-state index >= 15 is 0 Å². The molecular weight excluding hydrogens is 270 g/mol. The number of fused-ring (bicyclic) bond motifs is 2. The smallest absolute Gasteiger partial charge is 0.313 e. The third-order valence-corrected chi connectivity index (χ3v) is 5.41. The largest absolute Gasteiger partial charge is 0.469 e. The molecule has 2 fully saturated rings. The molecule has 2 bridgehead atoms. The van der Waals surface area contributed by atoms with Crippen LogP contribution in [-0.4, -0.2) is 49.9 Å². The van der Waals surface area contributed by atoms with Gasteiger partial charge in [0.15, 0.2) is 0 Å². The minimum atomic E-state index is -3.21. The normalized spacial score (nSPS) is 31.2. The molecule has 2 saturated heterocycles. The quantitative estimate of drug-likeness (QED) is 0.550. The molecule has 6 nitrogen and oxygen atoms in total. The van der Waals surface area contributed by atoms with Gasteiger partial charge in [0.25, 0.3) is 0 Å². The Bertz CT molecular complexity index is 472. The van der Waals surface area contributed by atoms with Gasteiger partial charge in [0.1, 0.15) is 12.2 Å². The Labute approximate surface area is 113 Å². The lowest BCUT2D eigenvalue weighted by molar-refractivity contribution is -0.144. The van der Waals surface area contributed by atoms with Gasteiger partial charge in [0, 0.05) is 18.0 Å². The summed E-state index contributed by atoms with van der Waals surface area (Å²) in [5.74, 6) is -0.866. The van der Waals surface area contributed by atoms with Crippen LogP contribution >= 0.6 is 0 Å². The summed E-state index contributed by atoms with van der Waals surface area (Å²) < 4.78 is 29.5. The van der Waals surface area contributed by atoms with Crippen LogP contribution in [0.2, 0.25) is 0 Å². The zero-order valence-corrected chi connectivity index (χ0v) is 12.0. The van der Waals surface area contributed by atoms with Crippen LogP contribution in [0.1, 0.15) is 32.1 Å². The standard InChI is InChI=1S/C12H19NO5S/c1-18-12(15)7-11(14)8-5-9-3-4-10(6-8)13(9)19(2,16)17/h8-10H,3-7H2,1-2H3. The Hall–Kier alpha value is -0.950. The second kappa shape index (κ2) is 5.20. The molecule has 0 saturated carbocycles. The highest BCUT2D eigenvalue weighted by Gasteiger charge is 2.46. The number of hydrogen-bond donors (Lipinski definition) is 0. The van der Waals surface area contributed by atoms with Crippen molar-refractivity contribution in [2.75, 3.05) is 13.4 Å². The monoisotopic (exact) mass is 289 g/mol. The number of methoxy groups -OCH3 is 1. The van der Waals surface area contributed by atoms with E-state index in [2.05, 4.69) is 4.74 Å². The molecule has 0 aliphatic carbocycles. The second-order valence-corrected chi connectivity index (χ2v) is 7.25. The van der Waals surface area contributed by atoms with Crippen LogP contribution in [0.4, 0.5) is 0 Å². The van der Waals surface area contributed by atoms with E-state index in [-0.39, 0.29) is 30.2 Å². The predicted molar refractivity (Wildman–Crippen MR) is 67.9 cm³/mol. The molecular formula is C12H19NO5S. The maximum Gasteiger partial charge on any atom is 0.313 e. The molecule has 0 radical (unpaired) electrons. The molecule has 0 aromatic heterocycles. The lowest BCUT2D eigenvalue weighted by atomic mass is 9.87. The minimum absolute atomic E-state index is 0.0830. The van der Waals surface area contributed by atoms with E-state index in [9.17, 15) is 18.0 Å². The number of esters is 1. The maximum atomic E-state index is 12.0. The van der Waals surface area contributed by atoms with Crippen LogP contribution in [0.15, 0.2) is 0 Å². The Morgan fingerprint density at radius 1 is 1.21 bits per heavy atom. The van der Waals surface area contributed by atoms with Crippen molar-refractivity contribution < 1.29 is 22.7 Å². The molecule has 19 heavy (non-hydrogen) atoms. The first-order valence-corrected chi connectivity index (χ1v) is 8.25. The van der Waals surface area contributed by atoms with Crippen LogP contribution in [0, 0.1) is 5.92 Å². The summed E-state index contributed by atoms with van der Waals surface area (Å²) in [6, 6.07) is -0.166. The van der Waals surface area contributed by atoms with Crippen molar-refractivity contribution >= 4 is 21.8 Å². The molecule has 2 heterocycles. The molecule has 0 spiro atoms. The zero-order chi connectivity index (χ0) is 14.2. The third-order valence-electron chi connectivity index (χ3n) is 4.05. The van der Waals surface area contributed by atoms with E-state index in [1.807, 2.05) is 0 Å². The van der Waals surface area contributed by atoms with Crippen molar-refractivity contribution in [3.63, 3.8) is 0 Å². The van der Waals surface area contributed by atoms with E-state index in [4.69, 9.17) is 0 Å². The van der Waals surface area contributed by atoms with Gasteiger partial charge in [-0.1, -0.05) is 0 Å². The SMILES string of the molecule is COC(=O)CC(=O)C1CC2CCC(C1)N2S(C)(=O)=O. The van der Waals surface area contributed by atoms with Gasteiger partial charge in [0.05, 0.1) is 13.4 Å². The van der Waals surface area contributed by atoms with Gasteiger partial charge in [0.2, 0.25) is 10.0 Å². The number of ether oxygens (including phenoxy) is 1. The number of rotatable bonds is 4. The van der Waals surface area contributed by atoms with Crippen molar-refractivity contribution in [1.82, 2.24) is 4.31 Å². The third kappa shape index (κ3) is 2.97. The number of ketones is 1. The Kier molecular flexibility index (Phi) is 3.96. The lowest BCUT2D eigenvalue weighted by Gasteiger charge is -2.36. The zero-order valence-electron chi connectivity index (χ0n) is 11.2. The highest BCUT2D eigenvalue weighted by molar-refractivity contribution is 7.88. The molecule has 2 atom stereocenters. The fourth-order valence-electron chi connectivity index (χ4n) is 3.30. The van der Waals surface area contributed by atoms with Gasteiger partial charge >= 0.3 is 5.97 Å². The summed E-state index contributed by atoms with van der Waals surface area (Å²) in [5.41, 5.74) is 0. The number of Topliss-reactive ketones (excluding diaryl/α,β-unsaturated/α-hetero) is 1. The lowest BCUT2D eigenvalue weighted by Crippen LogP contribution is -2.47. The topological polar surface area (TPSA) is 80.8 Å². The summed E-state index contributed by atoms with van der Waals surface area (Å²) >= 11 is 0. The molecule has 0 amide bonds. The molecule has 2 rings (SSSR count). The Morgan fingerprint density at radius 2 is 1.74 bits per heavy atom. The van der Waals surface area contributed by atoms with Gasteiger partial charge in [-0.05, 0) is 25.7 Å². The van der Waals surface area contributed by atoms with Gasteiger partial charge < -0.3 is 4.74 Å². The number of carbonyl (C=O) groups is 2. The first-order valence-electron chi connectivity index (χ1n) is 6.41. The predicted octanol–water partition coefficient (Wildman–Crippen LogP) is 0.321. The van der Waals surface area contributed by atoms with Crippen LogP contribution in [-0.2, 0) is 24.3 Å². The Balaban J connectivity index is 2.04. The van der Waals surface area contributed by atoms with Crippen molar-refractivity contribution in [2.45, 2.75) is 44.2 Å². The van der Waals surface area contributed by atoms with E-state index in [1.165, 1.54) is 13.4 Å². The maximum absolute atomic E-state index is 12.0. The molecule has 7 heteroatoms. The average molecular weight is 289 g/mol. The summed E-state index contributed by atoms with van der Waals surface area (Å²) in [7, 11) is -1.95. The molecule has 108 valence electrons. The summed E-state index contributed by atoms with van der Waals surface area (Å²) in [4.78, 5) is 23.1. The number of piperidine rings is 1. The Morgan fingerprint density at radius 3 is 2.16 bits per heavy atom. The highest BCUT2D eigenvalue weighted by atomic mass is 32.2. The van der Waals surface area contributed by atoms with Crippen molar-refractivity contribution in [3.8, 4) is 0 Å². The average Bonchev–Trinajstić information content (AvgIpc) is 2.60. The summed E-state index contributed by atoms with van der Waals surface area (Å²) in [6.45, 7) is 0. The highest BCUT2D eigenvalue weighted by Crippen LogP contribution is 2.40. The number of nitrogens with zero attached hydrogens (tertiary/aromatic N) is 1. The molecule has 2 aliphatic heterocycles. The van der Waals surface area contributed by atoms with E-state index in [0.29, 0.717) is 12.8 Å². The van der Waals surface area contributed by atoms with Crippen LogP contribution < -0.4 is 0 Å². The molecule has 2 unspecified atom stereocenters. The van der Waals surface area contributed by atoms with Crippen molar-refractivity contribution in [2.24, 2.45) is 5.92 Å². The number of hydrogen-bond acceptors (Lipinski definition) is 5. The van der Waals surface area contributed by atoms with Crippen LogP contribution in [0.25, 0.3) is 0 Å². The first-order chi connectivity index (χ1) is 8.82. The van der Waals surface area contributed by atoms with Crippen molar-refractivity contribution in [1.29, 1.82) is 0 Å². The van der Waals surface area contributed by atoms with Gasteiger partial charge in [-0.15, -0.1) is 0 Å². The van der Waals surface area contributed by atoms with Gasteiger partial charge in [-0.2, -0.15) is 4.31 Å². The van der Waals surface area contributed by atoms with Crippen molar-refractivity contribution in [3.05, 3.63) is 0 Å². The molecule has 0 N–H and O–H groups in total. The minimum Gasteiger partial charge on any atom is -0.469 e. The van der Waals surface area contributed by atoms with E-state index < -0.39 is 16.0 Å². The first kappa shape index (κ1) is 14.5. The van der Waals surface area contributed by atoms with Crippen LogP contribution in [0.3, 0.4) is 0 Å². The molecule has 0 aromatic rings. The van der Waals surface area contributed by atoms with Crippen LogP contribution in [0.5, 0.6) is 0 Å². The second-order valence-electron chi connectivity index (χ2n) is 5.37. The number of carbonyl (C=O) groups excluding carboxylic acids is 2. The number of sulfonamides is 1. The van der Waals surface area contributed by atoms with Gasteiger partial charge in [-0.3, -0.25) is 9.59 Å². The summed E-state index contributed by atoms with van der Waals surface area (Å²) in [5, 5.41) is 0. The molecule has 2 aliphatic rings.